The molecular formula is C16H17N3O2S. The van der Waals surface area contributed by atoms with Crippen LogP contribution in [0.1, 0.15) is 11.3 Å². The van der Waals surface area contributed by atoms with Gasteiger partial charge in [-0.15, -0.1) is 11.3 Å². The highest BCUT2D eigenvalue weighted by molar-refractivity contribution is 7.18. The predicted molar refractivity (Wildman–Crippen MR) is 89.6 cm³/mol. The number of para-hydroxylation sites is 2. The van der Waals surface area contributed by atoms with Crippen molar-refractivity contribution in [2.24, 2.45) is 0 Å². The second-order valence-electron chi connectivity index (χ2n) is 5.06. The van der Waals surface area contributed by atoms with Gasteiger partial charge in [0.15, 0.2) is 0 Å². The zero-order valence-electron chi connectivity index (χ0n) is 12.3. The van der Waals surface area contributed by atoms with Crippen LogP contribution in [0.5, 0.6) is 5.75 Å². The Hall–Kier alpha value is -2.34. The largest absolute Gasteiger partial charge is 0.491 e. The molecule has 22 heavy (non-hydrogen) atoms. The lowest BCUT2D eigenvalue weighted by Crippen LogP contribution is -2.21. The molecule has 114 valence electrons. The van der Waals surface area contributed by atoms with E-state index in [1.165, 1.54) is 11.3 Å². The summed E-state index contributed by atoms with van der Waals surface area (Å²) < 4.78 is 7.26. The van der Waals surface area contributed by atoms with E-state index in [1.54, 1.807) is 17.0 Å². The van der Waals surface area contributed by atoms with Gasteiger partial charge in [0, 0.05) is 11.4 Å². The van der Waals surface area contributed by atoms with E-state index in [2.05, 4.69) is 4.98 Å². The summed E-state index contributed by atoms with van der Waals surface area (Å²) in [6.45, 7) is 3.05. The number of nitrogens with two attached hydrogens (primary N) is 1. The average Bonchev–Trinajstić information content (AvgIpc) is 2.89. The van der Waals surface area contributed by atoms with Gasteiger partial charge < -0.3 is 10.5 Å². The van der Waals surface area contributed by atoms with Crippen LogP contribution in [-0.4, -0.2) is 16.2 Å². The lowest BCUT2D eigenvalue weighted by molar-refractivity contribution is 0.302. The number of aryl methyl sites for hydroxylation is 2. The number of ether oxygens (including phenoxy) is 1. The zero-order chi connectivity index (χ0) is 15.5. The van der Waals surface area contributed by atoms with Crippen molar-refractivity contribution < 1.29 is 4.74 Å². The van der Waals surface area contributed by atoms with Gasteiger partial charge >= 0.3 is 0 Å². The molecule has 0 radical (unpaired) electrons. The minimum absolute atomic E-state index is 0.00794. The van der Waals surface area contributed by atoms with E-state index in [1.807, 2.05) is 31.2 Å². The molecule has 0 fully saturated rings. The topological polar surface area (TPSA) is 70.1 Å². The molecule has 5 nitrogen and oxygen atoms in total. The molecule has 0 saturated heterocycles. The Morgan fingerprint density at radius 1 is 1.36 bits per heavy atom. The molecule has 3 aromatic rings. The van der Waals surface area contributed by atoms with E-state index >= 15 is 0 Å². The monoisotopic (exact) mass is 315 g/mol. The normalized spacial score (nSPS) is 11.0. The maximum absolute atomic E-state index is 12.3. The summed E-state index contributed by atoms with van der Waals surface area (Å²) in [4.78, 5) is 18.6. The van der Waals surface area contributed by atoms with Crippen LogP contribution < -0.4 is 16.0 Å². The Labute approximate surface area is 132 Å². The van der Waals surface area contributed by atoms with Crippen molar-refractivity contribution in [3.8, 4) is 5.75 Å². The minimum atomic E-state index is 0.00794. The van der Waals surface area contributed by atoms with Crippen molar-refractivity contribution in [3.63, 3.8) is 0 Å². The highest BCUT2D eigenvalue weighted by atomic mass is 32.1. The molecular weight excluding hydrogens is 298 g/mol. The number of nitrogens with zero attached hydrogens (tertiary/aromatic N) is 2. The second kappa shape index (κ2) is 6.19. The number of rotatable bonds is 5. The van der Waals surface area contributed by atoms with Gasteiger partial charge in [0.1, 0.15) is 10.6 Å². The van der Waals surface area contributed by atoms with Crippen LogP contribution in [-0.2, 0) is 6.54 Å². The van der Waals surface area contributed by atoms with Gasteiger partial charge in [-0.3, -0.25) is 9.36 Å². The van der Waals surface area contributed by atoms with Crippen LogP contribution in [0.3, 0.4) is 0 Å². The summed E-state index contributed by atoms with van der Waals surface area (Å²) in [5.41, 5.74) is 6.44. The van der Waals surface area contributed by atoms with Gasteiger partial charge in [-0.05, 0) is 31.5 Å². The van der Waals surface area contributed by atoms with Gasteiger partial charge in [0.25, 0.3) is 5.56 Å². The predicted octanol–water partition coefficient (Wildman–Crippen LogP) is 2.82. The van der Waals surface area contributed by atoms with E-state index in [-0.39, 0.29) is 5.56 Å². The molecule has 0 amide bonds. The third-order valence-electron chi connectivity index (χ3n) is 3.36. The third kappa shape index (κ3) is 2.96. The van der Waals surface area contributed by atoms with E-state index in [4.69, 9.17) is 10.5 Å². The lowest BCUT2D eigenvalue weighted by atomic mass is 10.3. The summed E-state index contributed by atoms with van der Waals surface area (Å²) in [6, 6.07) is 9.28. The van der Waals surface area contributed by atoms with Gasteiger partial charge in [-0.25, -0.2) is 4.98 Å². The third-order valence-corrected chi connectivity index (χ3v) is 4.32. The summed E-state index contributed by atoms with van der Waals surface area (Å²) in [5, 5.41) is 0.693. The van der Waals surface area contributed by atoms with Gasteiger partial charge in [0.2, 0.25) is 0 Å². The Balaban J connectivity index is 1.63. The van der Waals surface area contributed by atoms with Crippen LogP contribution in [0.25, 0.3) is 10.2 Å². The van der Waals surface area contributed by atoms with Crippen molar-refractivity contribution in [1.82, 2.24) is 9.55 Å². The number of hydrogen-bond donors (Lipinski definition) is 1. The van der Waals surface area contributed by atoms with E-state index in [0.29, 0.717) is 36.4 Å². The maximum atomic E-state index is 12.3. The van der Waals surface area contributed by atoms with Crippen LogP contribution in [0.2, 0.25) is 0 Å². The van der Waals surface area contributed by atoms with Crippen molar-refractivity contribution in [2.45, 2.75) is 19.9 Å². The standard InChI is InChI=1S/C16H17N3O2S/c1-11-9-12-15(22-11)18-10-19(16(12)20)7-4-8-21-14-6-3-2-5-13(14)17/h2-3,5-6,9-10H,4,7-8,17H2,1H3. The van der Waals surface area contributed by atoms with Crippen LogP contribution in [0, 0.1) is 6.92 Å². The van der Waals surface area contributed by atoms with E-state index in [9.17, 15) is 4.79 Å². The summed E-state index contributed by atoms with van der Waals surface area (Å²) >= 11 is 1.54. The molecule has 6 heteroatoms. The Bertz CT molecular complexity index is 854. The first-order valence-corrected chi connectivity index (χ1v) is 7.89. The fraction of sp³-hybridized carbons (Fsp3) is 0.250. The smallest absolute Gasteiger partial charge is 0.262 e. The SMILES string of the molecule is Cc1cc2c(=O)n(CCCOc3ccccc3N)cnc2s1. The summed E-state index contributed by atoms with van der Waals surface area (Å²) in [6.07, 6.45) is 2.32. The first-order valence-electron chi connectivity index (χ1n) is 7.08. The highest BCUT2D eigenvalue weighted by Crippen LogP contribution is 2.20. The molecule has 2 aromatic heterocycles. The van der Waals surface area contributed by atoms with Crippen molar-refractivity contribution in [2.75, 3.05) is 12.3 Å². The lowest BCUT2D eigenvalue weighted by Gasteiger charge is -2.09. The van der Waals surface area contributed by atoms with E-state index in [0.717, 1.165) is 9.71 Å². The Morgan fingerprint density at radius 3 is 3.00 bits per heavy atom. The number of nitrogen functional groups attached to an aromatic ring is 1. The van der Waals surface area contributed by atoms with Gasteiger partial charge in [-0.1, -0.05) is 12.1 Å². The van der Waals surface area contributed by atoms with E-state index < -0.39 is 0 Å². The van der Waals surface area contributed by atoms with Gasteiger partial charge in [-0.2, -0.15) is 0 Å². The molecule has 1 aromatic carbocycles. The maximum Gasteiger partial charge on any atom is 0.262 e. The quantitative estimate of drug-likeness (QED) is 0.580. The number of aromatic nitrogens is 2. The molecule has 0 bridgehead atoms. The molecule has 0 aliphatic heterocycles. The molecule has 0 saturated carbocycles. The number of fused-ring (bicyclic) bond motifs is 1. The van der Waals surface area contributed by atoms with Gasteiger partial charge in [0.05, 0.1) is 24.0 Å². The van der Waals surface area contributed by atoms with Crippen molar-refractivity contribution in [3.05, 3.63) is 51.9 Å². The molecule has 0 aliphatic rings. The fourth-order valence-electron chi connectivity index (χ4n) is 2.27. The summed E-state index contributed by atoms with van der Waals surface area (Å²) in [7, 11) is 0. The second-order valence-corrected chi connectivity index (χ2v) is 6.29. The van der Waals surface area contributed by atoms with Crippen LogP contribution in [0.4, 0.5) is 5.69 Å². The molecule has 2 N–H and O–H groups in total. The van der Waals surface area contributed by atoms with Crippen molar-refractivity contribution in [1.29, 1.82) is 0 Å². The van der Waals surface area contributed by atoms with Crippen LogP contribution >= 0.6 is 11.3 Å². The number of hydrogen-bond acceptors (Lipinski definition) is 5. The zero-order valence-corrected chi connectivity index (χ0v) is 13.1. The molecule has 0 aliphatic carbocycles. The fourth-order valence-corrected chi connectivity index (χ4v) is 3.11. The highest BCUT2D eigenvalue weighted by Gasteiger charge is 2.07. The number of anilines is 1. The number of thiophene rings is 1. The first-order chi connectivity index (χ1) is 10.6. The molecule has 2 heterocycles. The molecule has 3 rings (SSSR count). The number of benzene rings is 1. The first kappa shape index (κ1) is 14.6. The Kier molecular flexibility index (Phi) is 4.11. The summed E-state index contributed by atoms with van der Waals surface area (Å²) in [5.74, 6) is 0.678. The molecule has 0 unspecified atom stereocenters. The molecule has 0 spiro atoms. The molecule has 0 atom stereocenters. The minimum Gasteiger partial charge on any atom is -0.491 e. The Morgan fingerprint density at radius 2 is 2.18 bits per heavy atom. The van der Waals surface area contributed by atoms with Crippen molar-refractivity contribution >= 4 is 27.2 Å². The van der Waals surface area contributed by atoms with Crippen LogP contribution in [0.15, 0.2) is 41.5 Å². The average molecular weight is 315 g/mol.